The molecule has 3 N–H and O–H groups in total. The molecule has 0 aromatic heterocycles. The molecule has 1 saturated heterocycles. The lowest BCUT2D eigenvalue weighted by molar-refractivity contribution is -0.120. The molecule has 1 unspecified atom stereocenters. The van der Waals surface area contributed by atoms with Gasteiger partial charge in [0.1, 0.15) is 6.04 Å². The number of carbonyl (C=O) groups is 3. The Hall–Kier alpha value is -2.37. The van der Waals surface area contributed by atoms with Crippen LogP contribution in [0.3, 0.4) is 0 Å². The van der Waals surface area contributed by atoms with Crippen molar-refractivity contribution in [3.63, 3.8) is 0 Å². The molecule has 6 nitrogen and oxygen atoms in total. The first-order chi connectivity index (χ1) is 9.06. The summed E-state index contributed by atoms with van der Waals surface area (Å²) in [7, 11) is 0. The Balaban J connectivity index is 1.81. The molecule has 2 rings (SSSR count). The van der Waals surface area contributed by atoms with Crippen LogP contribution < -0.4 is 16.0 Å². The summed E-state index contributed by atoms with van der Waals surface area (Å²) in [6.45, 7) is 2.24. The fourth-order valence-corrected chi connectivity index (χ4v) is 1.88. The second-order valence-electron chi connectivity index (χ2n) is 4.43. The minimum Gasteiger partial charge on any atom is -0.352 e. The fourth-order valence-electron chi connectivity index (χ4n) is 1.88. The summed E-state index contributed by atoms with van der Waals surface area (Å²) in [5, 5.41) is 7.34. The van der Waals surface area contributed by atoms with Gasteiger partial charge in [0, 0.05) is 12.1 Å². The Morgan fingerprint density at radius 2 is 2.16 bits per heavy atom. The first-order valence-corrected chi connectivity index (χ1v) is 6.02. The maximum atomic E-state index is 11.8. The third-order valence-corrected chi connectivity index (χ3v) is 2.86. The second kappa shape index (κ2) is 5.51. The van der Waals surface area contributed by atoms with E-state index in [1.165, 1.54) is 0 Å². The molecule has 19 heavy (non-hydrogen) atoms. The van der Waals surface area contributed by atoms with Crippen molar-refractivity contribution in [2.24, 2.45) is 0 Å². The lowest BCUT2D eigenvalue weighted by Crippen LogP contribution is -2.34. The summed E-state index contributed by atoms with van der Waals surface area (Å²) in [5.41, 5.74) is 1.59. The van der Waals surface area contributed by atoms with E-state index in [-0.39, 0.29) is 11.8 Å². The van der Waals surface area contributed by atoms with Gasteiger partial charge in [0.25, 0.3) is 11.8 Å². The number of urea groups is 1. The normalized spacial score (nSPS) is 17.8. The lowest BCUT2D eigenvalue weighted by Gasteiger charge is -2.08. The van der Waals surface area contributed by atoms with Crippen LogP contribution in [0.15, 0.2) is 24.3 Å². The minimum atomic E-state index is -0.565. The van der Waals surface area contributed by atoms with E-state index in [4.69, 9.17) is 0 Å². The summed E-state index contributed by atoms with van der Waals surface area (Å²) in [6.07, 6.45) is 0.370. The molecule has 1 heterocycles. The summed E-state index contributed by atoms with van der Waals surface area (Å²) in [4.78, 5) is 34.0. The van der Waals surface area contributed by atoms with Crippen LogP contribution >= 0.6 is 0 Å². The summed E-state index contributed by atoms with van der Waals surface area (Å²) in [6, 6.07) is 6.20. The molecule has 1 aromatic carbocycles. The Labute approximate surface area is 110 Å². The van der Waals surface area contributed by atoms with Crippen molar-refractivity contribution < 1.29 is 14.4 Å². The van der Waals surface area contributed by atoms with Crippen LogP contribution in [0, 0.1) is 6.92 Å². The average molecular weight is 261 g/mol. The second-order valence-corrected chi connectivity index (χ2v) is 4.43. The van der Waals surface area contributed by atoms with Gasteiger partial charge in [-0.25, -0.2) is 4.79 Å². The number of imide groups is 1. The van der Waals surface area contributed by atoms with Gasteiger partial charge >= 0.3 is 6.03 Å². The van der Waals surface area contributed by atoms with E-state index in [1.54, 1.807) is 12.1 Å². The van der Waals surface area contributed by atoms with Crippen LogP contribution in [-0.4, -0.2) is 30.4 Å². The van der Waals surface area contributed by atoms with E-state index in [0.29, 0.717) is 18.5 Å². The zero-order valence-corrected chi connectivity index (χ0v) is 10.5. The molecule has 1 atom stereocenters. The molecule has 0 aliphatic carbocycles. The number of aryl methyl sites for hydroxylation is 1. The van der Waals surface area contributed by atoms with Crippen molar-refractivity contribution in [3.8, 4) is 0 Å². The van der Waals surface area contributed by atoms with Crippen molar-refractivity contribution in [1.29, 1.82) is 0 Å². The zero-order valence-electron chi connectivity index (χ0n) is 10.5. The van der Waals surface area contributed by atoms with Gasteiger partial charge in [0.15, 0.2) is 0 Å². The third-order valence-electron chi connectivity index (χ3n) is 2.86. The van der Waals surface area contributed by atoms with Gasteiger partial charge in [-0.05, 0) is 25.5 Å². The largest absolute Gasteiger partial charge is 0.352 e. The topological polar surface area (TPSA) is 87.3 Å². The quantitative estimate of drug-likeness (QED) is 0.682. The highest BCUT2D eigenvalue weighted by Crippen LogP contribution is 2.04. The van der Waals surface area contributed by atoms with Gasteiger partial charge in [0.2, 0.25) is 0 Å². The van der Waals surface area contributed by atoms with Crippen LogP contribution in [-0.2, 0) is 4.79 Å². The Bertz CT molecular complexity index is 528. The Morgan fingerprint density at radius 1 is 1.37 bits per heavy atom. The molecule has 6 heteroatoms. The van der Waals surface area contributed by atoms with Gasteiger partial charge < -0.3 is 10.6 Å². The van der Waals surface area contributed by atoms with Gasteiger partial charge in [-0.15, -0.1) is 0 Å². The number of benzene rings is 1. The summed E-state index contributed by atoms with van der Waals surface area (Å²) < 4.78 is 0. The van der Waals surface area contributed by atoms with Crippen LogP contribution in [0.25, 0.3) is 0 Å². The molecule has 4 amide bonds. The molecule has 100 valence electrons. The molecule has 0 radical (unpaired) electrons. The SMILES string of the molecule is Cc1cccc(C(=O)NCCC2NC(=O)NC2=O)c1. The first-order valence-electron chi connectivity index (χ1n) is 6.02. The number of amides is 4. The number of hydrogen-bond acceptors (Lipinski definition) is 3. The van der Waals surface area contributed by atoms with Crippen LogP contribution in [0.2, 0.25) is 0 Å². The van der Waals surface area contributed by atoms with E-state index in [2.05, 4.69) is 16.0 Å². The smallest absolute Gasteiger partial charge is 0.322 e. The van der Waals surface area contributed by atoms with Crippen LogP contribution in [0.5, 0.6) is 0 Å². The molecule has 1 aromatic rings. The van der Waals surface area contributed by atoms with E-state index >= 15 is 0 Å². The maximum Gasteiger partial charge on any atom is 0.322 e. The van der Waals surface area contributed by atoms with E-state index < -0.39 is 12.1 Å². The van der Waals surface area contributed by atoms with Gasteiger partial charge in [-0.3, -0.25) is 14.9 Å². The van der Waals surface area contributed by atoms with Gasteiger partial charge in [0.05, 0.1) is 0 Å². The van der Waals surface area contributed by atoms with Crippen molar-refractivity contribution in [1.82, 2.24) is 16.0 Å². The van der Waals surface area contributed by atoms with Crippen molar-refractivity contribution in [2.45, 2.75) is 19.4 Å². The number of hydrogen-bond donors (Lipinski definition) is 3. The van der Waals surface area contributed by atoms with E-state index in [9.17, 15) is 14.4 Å². The molecular weight excluding hydrogens is 246 g/mol. The lowest BCUT2D eigenvalue weighted by atomic mass is 10.1. The predicted octanol–water partition coefficient (Wildman–Crippen LogP) is 0.323. The summed E-state index contributed by atoms with van der Waals surface area (Å²) >= 11 is 0. The minimum absolute atomic E-state index is 0.187. The van der Waals surface area contributed by atoms with Gasteiger partial charge in [-0.1, -0.05) is 17.7 Å². The predicted molar refractivity (Wildman–Crippen MR) is 68.6 cm³/mol. The third kappa shape index (κ3) is 3.31. The van der Waals surface area contributed by atoms with E-state index in [0.717, 1.165) is 5.56 Å². The fraction of sp³-hybridized carbons (Fsp3) is 0.308. The zero-order chi connectivity index (χ0) is 13.8. The highest BCUT2D eigenvalue weighted by Gasteiger charge is 2.28. The maximum absolute atomic E-state index is 11.8. The highest BCUT2D eigenvalue weighted by atomic mass is 16.2. The molecule has 1 fully saturated rings. The van der Waals surface area contributed by atoms with Crippen LogP contribution in [0.1, 0.15) is 22.3 Å². The van der Waals surface area contributed by atoms with Crippen molar-refractivity contribution in [3.05, 3.63) is 35.4 Å². The molecule has 0 saturated carbocycles. The molecule has 0 spiro atoms. The monoisotopic (exact) mass is 261 g/mol. The number of nitrogens with one attached hydrogen (secondary N) is 3. The summed E-state index contributed by atoms with van der Waals surface area (Å²) in [5.74, 6) is -0.539. The van der Waals surface area contributed by atoms with Crippen LogP contribution in [0.4, 0.5) is 4.79 Å². The van der Waals surface area contributed by atoms with E-state index in [1.807, 2.05) is 19.1 Å². The highest BCUT2D eigenvalue weighted by molar-refractivity contribution is 6.04. The number of carbonyl (C=O) groups excluding carboxylic acids is 3. The molecule has 0 bridgehead atoms. The van der Waals surface area contributed by atoms with Crippen molar-refractivity contribution >= 4 is 17.8 Å². The molecule has 1 aliphatic heterocycles. The Morgan fingerprint density at radius 3 is 2.79 bits per heavy atom. The first kappa shape index (κ1) is 13.1. The molecule has 1 aliphatic rings. The Kier molecular flexibility index (Phi) is 3.79. The van der Waals surface area contributed by atoms with Gasteiger partial charge in [-0.2, -0.15) is 0 Å². The average Bonchev–Trinajstić information content (AvgIpc) is 2.68. The number of rotatable bonds is 4. The standard InChI is InChI=1S/C13H15N3O3/c1-8-3-2-4-9(7-8)11(17)14-6-5-10-12(18)16-13(19)15-10/h2-4,7,10H,5-6H2,1H3,(H,14,17)(H2,15,16,18,19). The van der Waals surface area contributed by atoms with Crippen molar-refractivity contribution in [2.75, 3.05) is 6.54 Å². The molecular formula is C13H15N3O3.